The number of hydrogen-bond donors (Lipinski definition) is 0. The Labute approximate surface area is 101 Å². The molecule has 2 heteroatoms. The van der Waals surface area contributed by atoms with E-state index in [9.17, 15) is 4.79 Å². The third kappa shape index (κ3) is 3.18. The number of ether oxygens (including phenoxy) is 1. The predicted octanol–water partition coefficient (Wildman–Crippen LogP) is 3.52. The topological polar surface area (TPSA) is 26.3 Å². The van der Waals surface area contributed by atoms with Crippen LogP contribution in [-0.2, 0) is 11.2 Å². The van der Waals surface area contributed by atoms with Crippen LogP contribution in [-0.4, -0.2) is 6.29 Å². The molecule has 0 atom stereocenters. The lowest BCUT2D eigenvalue weighted by Crippen LogP contribution is -1.92. The molecule has 2 nitrogen and oxygen atoms in total. The molecule has 0 amide bonds. The first kappa shape index (κ1) is 11.4. The van der Waals surface area contributed by atoms with Gasteiger partial charge in [-0.05, 0) is 30.2 Å². The molecule has 0 saturated carbocycles. The number of carbonyl (C=O) groups excluding carboxylic acids is 1. The summed E-state index contributed by atoms with van der Waals surface area (Å²) >= 11 is 0. The molecule has 2 aromatic carbocycles. The molecule has 0 aromatic heterocycles. The lowest BCUT2D eigenvalue weighted by molar-refractivity contribution is 0.476. The van der Waals surface area contributed by atoms with Gasteiger partial charge in [0.1, 0.15) is 11.5 Å². The maximum absolute atomic E-state index is 10.3. The van der Waals surface area contributed by atoms with E-state index >= 15 is 0 Å². The first-order chi connectivity index (χ1) is 8.40. The molecule has 0 heterocycles. The fraction of sp³-hybridized carbons (Fsp3) is 0.133. The minimum Gasteiger partial charge on any atom is -0.457 e. The van der Waals surface area contributed by atoms with Gasteiger partial charge in [0.15, 0.2) is 6.29 Å². The highest BCUT2D eigenvalue weighted by molar-refractivity contribution is 5.52. The van der Waals surface area contributed by atoms with E-state index in [-0.39, 0.29) is 0 Å². The molecular formula is C15H13O2. The van der Waals surface area contributed by atoms with Crippen LogP contribution >= 0.6 is 0 Å². The Morgan fingerprint density at radius 3 is 2.41 bits per heavy atom. The standard InChI is InChI=1S/C15H13O2/c16-12-6-8-13-7-4-5-11-15(13)17-14-9-2-1-3-10-14/h1-5,7,9-11H,6,8H2. The predicted molar refractivity (Wildman–Crippen MR) is 67.0 cm³/mol. The highest BCUT2D eigenvalue weighted by atomic mass is 16.5. The number of hydrogen-bond acceptors (Lipinski definition) is 2. The fourth-order valence-electron chi connectivity index (χ4n) is 1.61. The van der Waals surface area contributed by atoms with Crippen LogP contribution in [0.25, 0.3) is 0 Å². The fourth-order valence-corrected chi connectivity index (χ4v) is 1.61. The molecule has 0 fully saturated rings. The largest absolute Gasteiger partial charge is 0.457 e. The normalized spacial score (nSPS) is 9.88. The van der Waals surface area contributed by atoms with Crippen LogP contribution in [0, 0.1) is 0 Å². The molecule has 85 valence electrons. The molecule has 17 heavy (non-hydrogen) atoms. The van der Waals surface area contributed by atoms with Crippen molar-refractivity contribution in [3.05, 3.63) is 60.2 Å². The molecule has 0 spiro atoms. The molecule has 0 aliphatic rings. The summed E-state index contributed by atoms with van der Waals surface area (Å²) in [6, 6.07) is 17.4. The summed E-state index contributed by atoms with van der Waals surface area (Å²) in [6.45, 7) is 0. The van der Waals surface area contributed by atoms with Crippen LogP contribution in [0.3, 0.4) is 0 Å². The van der Waals surface area contributed by atoms with Crippen LogP contribution in [0.1, 0.15) is 12.0 Å². The second kappa shape index (κ2) is 5.85. The number of para-hydroxylation sites is 2. The summed E-state index contributed by atoms with van der Waals surface area (Å²) in [5, 5.41) is 0. The average Bonchev–Trinajstić information content (AvgIpc) is 2.39. The Balaban J connectivity index is 2.17. The van der Waals surface area contributed by atoms with Crippen molar-refractivity contribution in [3.8, 4) is 11.5 Å². The molecule has 0 N–H and O–H groups in total. The van der Waals surface area contributed by atoms with Crippen molar-refractivity contribution in [1.82, 2.24) is 0 Å². The van der Waals surface area contributed by atoms with Gasteiger partial charge in [0.05, 0.1) is 0 Å². The first-order valence-electron chi connectivity index (χ1n) is 5.56. The van der Waals surface area contributed by atoms with Crippen LogP contribution in [0.2, 0.25) is 0 Å². The van der Waals surface area contributed by atoms with Gasteiger partial charge >= 0.3 is 0 Å². The molecule has 1 radical (unpaired) electrons. The minimum absolute atomic E-state index is 0.398. The van der Waals surface area contributed by atoms with Crippen molar-refractivity contribution < 1.29 is 9.53 Å². The lowest BCUT2D eigenvalue weighted by atomic mass is 10.1. The summed E-state index contributed by atoms with van der Waals surface area (Å²) in [6.07, 6.45) is 2.96. The van der Waals surface area contributed by atoms with E-state index in [1.807, 2.05) is 60.9 Å². The van der Waals surface area contributed by atoms with Crippen molar-refractivity contribution in [2.24, 2.45) is 0 Å². The third-order valence-electron chi connectivity index (χ3n) is 2.44. The molecule has 0 unspecified atom stereocenters. The first-order valence-corrected chi connectivity index (χ1v) is 5.56. The Bertz CT molecular complexity index is 477. The van der Waals surface area contributed by atoms with E-state index in [1.165, 1.54) is 0 Å². The maximum Gasteiger partial charge on any atom is 0.198 e. The van der Waals surface area contributed by atoms with Gasteiger partial charge in [-0.15, -0.1) is 0 Å². The molecule has 0 bridgehead atoms. The zero-order valence-electron chi connectivity index (χ0n) is 9.43. The Morgan fingerprint density at radius 1 is 0.941 bits per heavy atom. The molecule has 0 aliphatic heterocycles. The van der Waals surface area contributed by atoms with Gasteiger partial charge < -0.3 is 4.74 Å². The maximum atomic E-state index is 10.3. The second-order valence-electron chi connectivity index (χ2n) is 3.67. The van der Waals surface area contributed by atoms with Gasteiger partial charge in [-0.2, -0.15) is 0 Å². The van der Waals surface area contributed by atoms with Crippen LogP contribution in [0.4, 0.5) is 0 Å². The molecule has 0 aliphatic carbocycles. The van der Waals surface area contributed by atoms with E-state index in [0.29, 0.717) is 12.8 Å². The van der Waals surface area contributed by atoms with Crippen LogP contribution in [0.15, 0.2) is 54.6 Å². The molecule has 0 saturated heterocycles. The van der Waals surface area contributed by atoms with Gasteiger partial charge in [-0.3, -0.25) is 4.79 Å². The van der Waals surface area contributed by atoms with Gasteiger partial charge in [-0.25, -0.2) is 0 Å². The second-order valence-corrected chi connectivity index (χ2v) is 3.67. The van der Waals surface area contributed by atoms with Crippen molar-refractivity contribution >= 4 is 6.29 Å². The van der Waals surface area contributed by atoms with E-state index in [0.717, 1.165) is 17.1 Å². The highest BCUT2D eigenvalue weighted by Crippen LogP contribution is 2.25. The van der Waals surface area contributed by atoms with E-state index in [4.69, 9.17) is 4.74 Å². The van der Waals surface area contributed by atoms with Crippen LogP contribution in [0.5, 0.6) is 11.5 Å². The summed E-state index contributed by atoms with van der Waals surface area (Å²) < 4.78 is 5.78. The van der Waals surface area contributed by atoms with Crippen molar-refractivity contribution in [1.29, 1.82) is 0 Å². The Hall–Kier alpha value is -2.09. The SMILES string of the molecule is O=[C]CCc1ccccc1Oc1ccccc1. The monoisotopic (exact) mass is 225 g/mol. The van der Waals surface area contributed by atoms with E-state index in [2.05, 4.69) is 0 Å². The van der Waals surface area contributed by atoms with E-state index < -0.39 is 0 Å². The van der Waals surface area contributed by atoms with Gasteiger partial charge in [0.25, 0.3) is 0 Å². The molecule has 2 rings (SSSR count). The lowest BCUT2D eigenvalue weighted by Gasteiger charge is -2.09. The minimum atomic E-state index is 0.398. The van der Waals surface area contributed by atoms with Crippen molar-refractivity contribution in [2.45, 2.75) is 12.8 Å². The number of benzene rings is 2. The number of rotatable bonds is 5. The van der Waals surface area contributed by atoms with Crippen molar-refractivity contribution in [2.75, 3.05) is 0 Å². The van der Waals surface area contributed by atoms with Gasteiger partial charge in [0, 0.05) is 6.42 Å². The summed E-state index contributed by atoms with van der Waals surface area (Å²) in [4.78, 5) is 10.3. The smallest absolute Gasteiger partial charge is 0.198 e. The summed E-state index contributed by atoms with van der Waals surface area (Å²) in [5.74, 6) is 1.60. The van der Waals surface area contributed by atoms with Crippen LogP contribution < -0.4 is 4.74 Å². The molecular weight excluding hydrogens is 212 g/mol. The third-order valence-corrected chi connectivity index (χ3v) is 2.44. The average molecular weight is 225 g/mol. The zero-order chi connectivity index (χ0) is 11.9. The quantitative estimate of drug-likeness (QED) is 0.778. The summed E-state index contributed by atoms with van der Waals surface area (Å²) in [5.41, 5.74) is 1.03. The Kier molecular flexibility index (Phi) is 3.92. The van der Waals surface area contributed by atoms with Crippen molar-refractivity contribution in [3.63, 3.8) is 0 Å². The zero-order valence-corrected chi connectivity index (χ0v) is 9.43. The number of aryl methyl sites for hydroxylation is 1. The molecule has 2 aromatic rings. The van der Waals surface area contributed by atoms with Gasteiger partial charge in [0.2, 0.25) is 0 Å². The highest BCUT2D eigenvalue weighted by Gasteiger charge is 2.03. The van der Waals surface area contributed by atoms with E-state index in [1.54, 1.807) is 0 Å². The van der Waals surface area contributed by atoms with Gasteiger partial charge in [-0.1, -0.05) is 36.4 Å². The summed E-state index contributed by atoms with van der Waals surface area (Å²) in [7, 11) is 0. The Morgan fingerprint density at radius 2 is 1.65 bits per heavy atom.